The molecule has 5 nitrogen and oxygen atoms in total. The molecule has 0 bridgehead atoms. The Kier molecular flexibility index (Phi) is 7.36. The number of nitrogens with zero attached hydrogens (tertiary/aromatic N) is 1. The first kappa shape index (κ1) is 20.9. The lowest BCUT2D eigenvalue weighted by Gasteiger charge is -2.17. The van der Waals surface area contributed by atoms with Crippen molar-refractivity contribution in [1.82, 2.24) is 10.6 Å². The predicted octanol–water partition coefficient (Wildman–Crippen LogP) is 2.84. The largest absolute Gasteiger partial charge is 0.356 e. The van der Waals surface area contributed by atoms with Crippen LogP contribution < -0.4 is 10.6 Å². The van der Waals surface area contributed by atoms with Crippen molar-refractivity contribution in [3.05, 3.63) is 71.0 Å². The molecule has 0 saturated heterocycles. The molecule has 0 aliphatic carbocycles. The van der Waals surface area contributed by atoms with Gasteiger partial charge in [0.25, 0.3) is 0 Å². The molecule has 1 unspecified atom stereocenters. The lowest BCUT2D eigenvalue weighted by atomic mass is 10.0. The summed E-state index contributed by atoms with van der Waals surface area (Å²) in [5.74, 6) is 0.346. The average Bonchev–Trinajstić information content (AvgIpc) is 2.63. The van der Waals surface area contributed by atoms with Gasteiger partial charge in [-0.1, -0.05) is 43.3 Å². The van der Waals surface area contributed by atoms with Gasteiger partial charge in [0.05, 0.1) is 5.75 Å². The van der Waals surface area contributed by atoms with E-state index in [2.05, 4.69) is 34.7 Å². The van der Waals surface area contributed by atoms with Gasteiger partial charge in [0.1, 0.15) is 5.82 Å². The van der Waals surface area contributed by atoms with Gasteiger partial charge in [0, 0.05) is 26.4 Å². The summed E-state index contributed by atoms with van der Waals surface area (Å²) in [6.45, 7) is 3.08. The summed E-state index contributed by atoms with van der Waals surface area (Å²) in [7, 11) is -1.55. The first-order valence-electron chi connectivity index (χ1n) is 8.73. The highest BCUT2D eigenvalue weighted by atomic mass is 32.2. The first-order valence-corrected chi connectivity index (χ1v) is 10.8. The van der Waals surface area contributed by atoms with Crippen LogP contribution in [0, 0.1) is 5.82 Å². The van der Waals surface area contributed by atoms with Gasteiger partial charge < -0.3 is 10.6 Å². The van der Waals surface area contributed by atoms with Crippen molar-refractivity contribution in [2.75, 3.05) is 19.8 Å². The fraction of sp³-hybridized carbons (Fsp3) is 0.350. The maximum absolute atomic E-state index is 13.6. The Balaban J connectivity index is 1.99. The van der Waals surface area contributed by atoms with Crippen LogP contribution in [0.2, 0.25) is 0 Å². The Labute approximate surface area is 160 Å². The molecule has 2 aromatic carbocycles. The second-order valence-electron chi connectivity index (χ2n) is 6.60. The zero-order valence-electron chi connectivity index (χ0n) is 15.9. The van der Waals surface area contributed by atoms with Crippen molar-refractivity contribution in [3.8, 4) is 0 Å². The number of aliphatic imine (C=N–C) groups is 1. The van der Waals surface area contributed by atoms with E-state index in [1.54, 1.807) is 7.05 Å². The molecule has 0 fully saturated rings. The van der Waals surface area contributed by atoms with Crippen LogP contribution in [-0.2, 0) is 22.1 Å². The molecule has 27 heavy (non-hydrogen) atoms. The molecule has 146 valence electrons. The molecule has 1 atom stereocenters. The van der Waals surface area contributed by atoms with E-state index in [0.29, 0.717) is 29.5 Å². The molecular formula is C20H26FN3O2S. The van der Waals surface area contributed by atoms with Crippen LogP contribution in [0.1, 0.15) is 29.5 Å². The second kappa shape index (κ2) is 9.50. The lowest BCUT2D eigenvalue weighted by molar-refractivity contribution is 0.599. The minimum atomic E-state index is -3.20. The topological polar surface area (TPSA) is 70.6 Å². The molecule has 2 N–H and O–H groups in total. The summed E-state index contributed by atoms with van der Waals surface area (Å²) in [5.41, 5.74) is 2.40. The van der Waals surface area contributed by atoms with Gasteiger partial charge in [0.15, 0.2) is 15.8 Å². The van der Waals surface area contributed by atoms with Crippen LogP contribution in [0.25, 0.3) is 0 Å². The fourth-order valence-corrected chi connectivity index (χ4v) is 3.58. The fourth-order valence-electron chi connectivity index (χ4n) is 2.73. The van der Waals surface area contributed by atoms with Gasteiger partial charge >= 0.3 is 0 Å². The lowest BCUT2D eigenvalue weighted by Crippen LogP contribution is -2.38. The van der Waals surface area contributed by atoms with Gasteiger partial charge in [-0.05, 0) is 34.7 Å². The molecule has 2 aromatic rings. The summed E-state index contributed by atoms with van der Waals surface area (Å²) in [6, 6.07) is 14.3. The van der Waals surface area contributed by atoms with Crippen molar-refractivity contribution in [2.24, 2.45) is 4.99 Å². The zero-order valence-corrected chi connectivity index (χ0v) is 16.7. The highest BCUT2D eigenvalue weighted by Crippen LogP contribution is 2.15. The minimum absolute atomic E-state index is 0.124. The standard InChI is InChI=1S/C20H26FN3O2S/c1-15(16-7-5-4-6-8-16)12-23-20(22-2)24-13-18-11-19(21)10-9-17(18)14-27(3,25)26/h4-11,15H,12-14H2,1-3H3,(H2,22,23,24). The van der Waals surface area contributed by atoms with E-state index in [0.717, 1.165) is 0 Å². The summed E-state index contributed by atoms with van der Waals surface area (Å²) in [6.07, 6.45) is 1.17. The Morgan fingerprint density at radius 3 is 2.44 bits per heavy atom. The molecule has 0 radical (unpaired) electrons. The molecule has 0 heterocycles. The van der Waals surface area contributed by atoms with Crippen molar-refractivity contribution < 1.29 is 12.8 Å². The van der Waals surface area contributed by atoms with Crippen LogP contribution in [0.15, 0.2) is 53.5 Å². The SMILES string of the molecule is CN=C(NCc1cc(F)ccc1CS(C)(=O)=O)NCC(C)c1ccccc1. The zero-order chi connectivity index (χ0) is 19.9. The number of nitrogens with one attached hydrogen (secondary N) is 2. The van der Waals surface area contributed by atoms with Crippen LogP contribution in [0.3, 0.4) is 0 Å². The smallest absolute Gasteiger partial charge is 0.191 e. The van der Waals surface area contributed by atoms with Gasteiger partial charge in [-0.25, -0.2) is 12.8 Å². The third kappa shape index (κ3) is 7.02. The molecule has 0 spiro atoms. The third-order valence-corrected chi connectivity index (χ3v) is 5.04. The van der Waals surface area contributed by atoms with E-state index >= 15 is 0 Å². The maximum atomic E-state index is 13.6. The van der Waals surface area contributed by atoms with Gasteiger partial charge in [-0.15, -0.1) is 0 Å². The number of sulfone groups is 1. The number of benzene rings is 2. The number of hydrogen-bond acceptors (Lipinski definition) is 3. The summed E-state index contributed by atoms with van der Waals surface area (Å²) in [4.78, 5) is 4.18. The van der Waals surface area contributed by atoms with Crippen LogP contribution in [-0.4, -0.2) is 34.2 Å². The quantitative estimate of drug-likeness (QED) is 0.562. The van der Waals surface area contributed by atoms with E-state index < -0.39 is 15.7 Å². The Morgan fingerprint density at radius 2 is 1.81 bits per heavy atom. The predicted molar refractivity (Wildman–Crippen MR) is 108 cm³/mol. The highest BCUT2D eigenvalue weighted by Gasteiger charge is 2.12. The summed E-state index contributed by atoms with van der Waals surface area (Å²) >= 11 is 0. The number of hydrogen-bond donors (Lipinski definition) is 2. The third-order valence-electron chi connectivity index (χ3n) is 4.20. The van der Waals surface area contributed by atoms with Gasteiger partial charge in [-0.2, -0.15) is 0 Å². The van der Waals surface area contributed by atoms with Crippen molar-refractivity contribution in [1.29, 1.82) is 0 Å². The normalized spacial score (nSPS) is 13.3. The number of halogens is 1. The van der Waals surface area contributed by atoms with E-state index in [1.165, 1.54) is 30.0 Å². The molecular weight excluding hydrogens is 365 g/mol. The van der Waals surface area contributed by atoms with Crippen molar-refractivity contribution >= 4 is 15.8 Å². The summed E-state index contributed by atoms with van der Waals surface area (Å²) < 4.78 is 36.8. The van der Waals surface area contributed by atoms with Crippen molar-refractivity contribution in [2.45, 2.75) is 25.1 Å². The van der Waals surface area contributed by atoms with E-state index in [-0.39, 0.29) is 12.3 Å². The van der Waals surface area contributed by atoms with Crippen LogP contribution in [0.4, 0.5) is 4.39 Å². The molecule has 0 amide bonds. The van der Waals surface area contributed by atoms with Crippen LogP contribution in [0.5, 0.6) is 0 Å². The second-order valence-corrected chi connectivity index (χ2v) is 8.74. The molecule has 0 aliphatic rings. The van der Waals surface area contributed by atoms with E-state index in [4.69, 9.17) is 0 Å². The molecule has 7 heteroatoms. The molecule has 0 aliphatic heterocycles. The molecule has 2 rings (SSSR count). The number of rotatable bonds is 7. The highest BCUT2D eigenvalue weighted by molar-refractivity contribution is 7.89. The Hall–Kier alpha value is -2.41. The van der Waals surface area contributed by atoms with Gasteiger partial charge in [0.2, 0.25) is 0 Å². The Bertz CT molecular complexity index is 883. The minimum Gasteiger partial charge on any atom is -0.356 e. The van der Waals surface area contributed by atoms with E-state index in [1.807, 2.05) is 18.2 Å². The van der Waals surface area contributed by atoms with E-state index in [9.17, 15) is 12.8 Å². The monoisotopic (exact) mass is 391 g/mol. The van der Waals surface area contributed by atoms with Crippen molar-refractivity contribution in [3.63, 3.8) is 0 Å². The van der Waals surface area contributed by atoms with Crippen LogP contribution >= 0.6 is 0 Å². The first-order chi connectivity index (χ1) is 12.8. The van der Waals surface area contributed by atoms with Gasteiger partial charge in [-0.3, -0.25) is 4.99 Å². The molecule has 0 saturated carbocycles. The molecule has 0 aromatic heterocycles. The maximum Gasteiger partial charge on any atom is 0.191 e. The number of guanidine groups is 1. The summed E-state index contributed by atoms with van der Waals surface area (Å²) in [5, 5.41) is 6.37. The average molecular weight is 392 g/mol. The Morgan fingerprint density at radius 1 is 1.11 bits per heavy atom.